The van der Waals surface area contributed by atoms with Crippen molar-refractivity contribution in [2.24, 2.45) is 0 Å². The number of hydrogen-bond donors (Lipinski definition) is 0. The summed E-state index contributed by atoms with van der Waals surface area (Å²) in [7, 11) is 5.30. The molecule has 0 saturated carbocycles. The van der Waals surface area contributed by atoms with Crippen LogP contribution in [0.1, 0.15) is 28.8 Å². The highest BCUT2D eigenvalue weighted by Gasteiger charge is 2.35. The second-order valence-corrected chi connectivity index (χ2v) is 5.58. The normalized spacial score (nSPS) is 17.7. The van der Waals surface area contributed by atoms with Gasteiger partial charge in [-0.15, -0.1) is 0 Å². The third-order valence-electron chi connectivity index (χ3n) is 3.91. The van der Waals surface area contributed by atoms with Gasteiger partial charge in [-0.05, 0) is 43.5 Å². The van der Waals surface area contributed by atoms with Gasteiger partial charge in [-0.2, -0.15) is 0 Å². The van der Waals surface area contributed by atoms with Crippen LogP contribution < -0.4 is 4.90 Å². The average molecular weight is 290 g/mol. The molecule has 1 aliphatic rings. The van der Waals surface area contributed by atoms with Gasteiger partial charge in [0, 0.05) is 31.9 Å². The molecule has 0 aliphatic carbocycles. The quantitative estimate of drug-likeness (QED) is 0.797. The van der Waals surface area contributed by atoms with Crippen molar-refractivity contribution in [3.8, 4) is 0 Å². The molecule has 1 aromatic rings. The molecule has 1 fully saturated rings. The molecular weight excluding hydrogens is 268 g/mol. The van der Waals surface area contributed by atoms with E-state index in [1.54, 1.807) is 4.90 Å². The van der Waals surface area contributed by atoms with Crippen LogP contribution in [-0.2, 0) is 9.53 Å². The molecule has 1 amide bonds. The summed E-state index contributed by atoms with van der Waals surface area (Å²) in [5.74, 6) is -0.432. The first kappa shape index (κ1) is 15.4. The number of amides is 1. The van der Waals surface area contributed by atoms with Gasteiger partial charge in [-0.1, -0.05) is 0 Å². The zero-order valence-corrected chi connectivity index (χ0v) is 13.0. The van der Waals surface area contributed by atoms with Crippen molar-refractivity contribution in [1.82, 2.24) is 4.90 Å². The maximum absolute atomic E-state index is 12.6. The van der Waals surface area contributed by atoms with Gasteiger partial charge < -0.3 is 14.5 Å². The summed E-state index contributed by atoms with van der Waals surface area (Å²) in [6, 6.07) is 5.18. The number of carbonyl (C=O) groups is 2. The van der Waals surface area contributed by atoms with Gasteiger partial charge in [0.05, 0.1) is 7.11 Å². The largest absolute Gasteiger partial charge is 0.467 e. The van der Waals surface area contributed by atoms with E-state index in [9.17, 15) is 9.59 Å². The molecule has 0 radical (unpaired) electrons. The predicted molar refractivity (Wildman–Crippen MR) is 81.6 cm³/mol. The van der Waals surface area contributed by atoms with Gasteiger partial charge in [0.25, 0.3) is 5.91 Å². The predicted octanol–water partition coefficient (Wildman–Crippen LogP) is 1.84. The SMILES string of the molecule is COC(=O)C1CCCN1C(=O)c1ccc(N(C)C)c(C)c1. The summed E-state index contributed by atoms with van der Waals surface area (Å²) in [6.45, 7) is 2.58. The van der Waals surface area contributed by atoms with Crippen LogP contribution in [0, 0.1) is 6.92 Å². The summed E-state index contributed by atoms with van der Waals surface area (Å²) in [4.78, 5) is 28.0. The Morgan fingerprint density at radius 1 is 1.33 bits per heavy atom. The van der Waals surface area contributed by atoms with E-state index in [1.807, 2.05) is 44.1 Å². The molecule has 5 heteroatoms. The van der Waals surface area contributed by atoms with E-state index in [0.29, 0.717) is 18.5 Å². The Balaban J connectivity index is 2.23. The molecule has 0 N–H and O–H groups in total. The number of anilines is 1. The average Bonchev–Trinajstić information content (AvgIpc) is 2.94. The molecule has 1 aromatic carbocycles. The van der Waals surface area contributed by atoms with Gasteiger partial charge in [-0.25, -0.2) is 4.79 Å². The highest BCUT2D eigenvalue weighted by Crippen LogP contribution is 2.24. The Labute approximate surface area is 125 Å². The number of benzene rings is 1. The number of rotatable bonds is 3. The molecule has 1 aliphatic heterocycles. The molecule has 1 unspecified atom stereocenters. The van der Waals surface area contributed by atoms with Crippen molar-refractivity contribution in [3.05, 3.63) is 29.3 Å². The van der Waals surface area contributed by atoms with Gasteiger partial charge in [0.2, 0.25) is 0 Å². The molecule has 5 nitrogen and oxygen atoms in total. The second kappa shape index (κ2) is 6.16. The van der Waals surface area contributed by atoms with Crippen LogP contribution in [0.3, 0.4) is 0 Å². The zero-order chi connectivity index (χ0) is 15.6. The lowest BCUT2D eigenvalue weighted by Crippen LogP contribution is -2.41. The van der Waals surface area contributed by atoms with E-state index in [1.165, 1.54) is 7.11 Å². The minimum Gasteiger partial charge on any atom is -0.467 e. The Morgan fingerprint density at radius 2 is 2.05 bits per heavy atom. The molecule has 0 bridgehead atoms. The molecule has 1 saturated heterocycles. The van der Waals surface area contributed by atoms with Crippen LogP contribution >= 0.6 is 0 Å². The minimum atomic E-state index is -0.448. The third kappa shape index (κ3) is 3.01. The van der Waals surface area contributed by atoms with Crippen molar-refractivity contribution in [3.63, 3.8) is 0 Å². The summed E-state index contributed by atoms with van der Waals surface area (Å²) in [5.41, 5.74) is 2.74. The zero-order valence-electron chi connectivity index (χ0n) is 13.0. The molecule has 21 heavy (non-hydrogen) atoms. The van der Waals surface area contributed by atoms with Crippen molar-refractivity contribution < 1.29 is 14.3 Å². The number of esters is 1. The number of hydrogen-bond acceptors (Lipinski definition) is 4. The van der Waals surface area contributed by atoms with E-state index < -0.39 is 6.04 Å². The lowest BCUT2D eigenvalue weighted by atomic mass is 10.1. The fourth-order valence-electron chi connectivity index (χ4n) is 2.85. The second-order valence-electron chi connectivity index (χ2n) is 5.58. The van der Waals surface area contributed by atoms with Crippen molar-refractivity contribution in [2.45, 2.75) is 25.8 Å². The van der Waals surface area contributed by atoms with Crippen LogP contribution in [0.4, 0.5) is 5.69 Å². The Kier molecular flexibility index (Phi) is 4.50. The fourth-order valence-corrected chi connectivity index (χ4v) is 2.85. The van der Waals surface area contributed by atoms with Gasteiger partial charge in [0.1, 0.15) is 6.04 Å². The van der Waals surface area contributed by atoms with Crippen molar-refractivity contribution >= 4 is 17.6 Å². The Morgan fingerprint density at radius 3 is 2.62 bits per heavy atom. The van der Waals surface area contributed by atoms with E-state index in [0.717, 1.165) is 17.7 Å². The van der Waals surface area contributed by atoms with Gasteiger partial charge in [0.15, 0.2) is 0 Å². The third-order valence-corrected chi connectivity index (χ3v) is 3.91. The van der Waals surface area contributed by atoms with E-state index >= 15 is 0 Å². The van der Waals surface area contributed by atoms with Crippen molar-refractivity contribution in [1.29, 1.82) is 0 Å². The highest BCUT2D eigenvalue weighted by molar-refractivity contribution is 5.97. The first-order valence-electron chi connectivity index (χ1n) is 7.12. The molecule has 0 spiro atoms. The van der Waals surface area contributed by atoms with E-state index in [-0.39, 0.29) is 11.9 Å². The van der Waals surface area contributed by atoms with Gasteiger partial charge >= 0.3 is 5.97 Å². The monoisotopic (exact) mass is 290 g/mol. The Bertz CT molecular complexity index is 554. The van der Waals surface area contributed by atoms with Crippen LogP contribution in [0.25, 0.3) is 0 Å². The summed E-state index contributed by atoms with van der Waals surface area (Å²) >= 11 is 0. The topological polar surface area (TPSA) is 49.9 Å². The summed E-state index contributed by atoms with van der Waals surface area (Å²) < 4.78 is 4.79. The van der Waals surface area contributed by atoms with Crippen LogP contribution in [0.2, 0.25) is 0 Å². The van der Waals surface area contributed by atoms with Gasteiger partial charge in [-0.3, -0.25) is 4.79 Å². The highest BCUT2D eigenvalue weighted by atomic mass is 16.5. The van der Waals surface area contributed by atoms with Crippen LogP contribution in [0.15, 0.2) is 18.2 Å². The smallest absolute Gasteiger partial charge is 0.328 e. The number of nitrogens with zero attached hydrogens (tertiary/aromatic N) is 2. The minimum absolute atomic E-state index is 0.101. The summed E-state index contributed by atoms with van der Waals surface area (Å²) in [5, 5.41) is 0. The lowest BCUT2D eigenvalue weighted by Gasteiger charge is -2.23. The van der Waals surface area contributed by atoms with Crippen molar-refractivity contribution in [2.75, 3.05) is 32.6 Å². The number of ether oxygens (including phenoxy) is 1. The number of likely N-dealkylation sites (tertiary alicyclic amines) is 1. The lowest BCUT2D eigenvalue weighted by molar-refractivity contribution is -0.145. The maximum atomic E-state index is 12.6. The molecule has 2 rings (SSSR count). The number of carbonyl (C=O) groups excluding carboxylic acids is 2. The summed E-state index contributed by atoms with van der Waals surface area (Å²) in [6.07, 6.45) is 1.51. The Hall–Kier alpha value is -2.04. The standard InChI is InChI=1S/C16H22N2O3/c1-11-10-12(7-8-13(11)17(2)3)15(19)18-9-5-6-14(18)16(20)21-4/h7-8,10,14H,5-6,9H2,1-4H3. The molecule has 114 valence electrons. The van der Waals surface area contributed by atoms with E-state index in [4.69, 9.17) is 4.74 Å². The number of aryl methyl sites for hydroxylation is 1. The maximum Gasteiger partial charge on any atom is 0.328 e. The molecular formula is C16H22N2O3. The van der Waals surface area contributed by atoms with Crippen LogP contribution in [-0.4, -0.2) is 50.6 Å². The number of methoxy groups -OCH3 is 1. The van der Waals surface area contributed by atoms with Crippen LogP contribution in [0.5, 0.6) is 0 Å². The molecule has 0 aromatic heterocycles. The molecule has 1 atom stereocenters. The first-order valence-corrected chi connectivity index (χ1v) is 7.12. The van der Waals surface area contributed by atoms with E-state index in [2.05, 4.69) is 0 Å². The first-order chi connectivity index (χ1) is 9.95. The fraction of sp³-hybridized carbons (Fsp3) is 0.500. The molecule has 1 heterocycles.